The molecular formula is C19H16ClN3O2. The van der Waals surface area contributed by atoms with Crippen molar-refractivity contribution < 1.29 is 9.59 Å². The van der Waals surface area contributed by atoms with Gasteiger partial charge in [-0.15, -0.1) is 0 Å². The van der Waals surface area contributed by atoms with Crippen molar-refractivity contribution in [3.63, 3.8) is 0 Å². The second kappa shape index (κ2) is 7.32. The van der Waals surface area contributed by atoms with Crippen LogP contribution in [0, 0.1) is 0 Å². The number of benzene rings is 2. The monoisotopic (exact) mass is 353 g/mol. The zero-order chi connectivity index (χ0) is 17.8. The maximum Gasteiger partial charge on any atom is 0.256 e. The molecule has 0 aliphatic rings. The van der Waals surface area contributed by atoms with Gasteiger partial charge in [0.05, 0.1) is 21.8 Å². The second-order valence-corrected chi connectivity index (χ2v) is 5.83. The smallest absolute Gasteiger partial charge is 0.256 e. The number of hydrogen-bond acceptors (Lipinski definition) is 3. The fourth-order valence-corrected chi connectivity index (χ4v) is 2.60. The van der Waals surface area contributed by atoms with Gasteiger partial charge in [-0.05, 0) is 30.3 Å². The zero-order valence-corrected chi connectivity index (χ0v) is 14.3. The largest absolute Gasteiger partial charge is 0.326 e. The number of hydrogen-bond donors (Lipinski definition) is 2. The number of carbonyl (C=O) groups excluding carboxylic acids is 2. The third kappa shape index (κ3) is 3.78. The molecule has 3 aromatic rings. The topological polar surface area (TPSA) is 71.1 Å². The Bertz CT molecular complexity index is 951. The van der Waals surface area contributed by atoms with Crippen molar-refractivity contribution in [1.29, 1.82) is 0 Å². The number of fused-ring (bicyclic) bond motifs is 1. The first-order valence-electron chi connectivity index (χ1n) is 7.83. The fourth-order valence-electron chi connectivity index (χ4n) is 2.43. The molecule has 0 unspecified atom stereocenters. The summed E-state index contributed by atoms with van der Waals surface area (Å²) in [4.78, 5) is 28.5. The lowest BCUT2D eigenvalue weighted by molar-refractivity contribution is -0.115. The first-order valence-corrected chi connectivity index (χ1v) is 8.21. The van der Waals surface area contributed by atoms with Gasteiger partial charge in [0.15, 0.2) is 0 Å². The van der Waals surface area contributed by atoms with Crippen LogP contribution in [0.5, 0.6) is 0 Å². The van der Waals surface area contributed by atoms with E-state index >= 15 is 0 Å². The number of carbonyl (C=O) groups is 2. The third-order valence-corrected chi connectivity index (χ3v) is 4.04. The Morgan fingerprint density at radius 3 is 2.68 bits per heavy atom. The molecule has 0 fully saturated rings. The number of nitrogens with one attached hydrogen (secondary N) is 2. The average molecular weight is 354 g/mol. The molecule has 2 N–H and O–H groups in total. The van der Waals surface area contributed by atoms with Crippen molar-refractivity contribution in [2.75, 3.05) is 10.6 Å². The van der Waals surface area contributed by atoms with Crippen LogP contribution in [0.3, 0.4) is 0 Å². The van der Waals surface area contributed by atoms with E-state index in [0.29, 0.717) is 28.4 Å². The quantitative estimate of drug-likeness (QED) is 0.726. The van der Waals surface area contributed by atoms with Crippen LogP contribution in [-0.2, 0) is 4.79 Å². The van der Waals surface area contributed by atoms with Crippen LogP contribution in [0.25, 0.3) is 10.9 Å². The molecule has 0 aliphatic carbocycles. The van der Waals surface area contributed by atoms with E-state index in [1.807, 2.05) is 24.3 Å². The minimum atomic E-state index is -0.292. The fraction of sp³-hybridized carbons (Fsp3) is 0.105. The number of anilines is 2. The van der Waals surface area contributed by atoms with E-state index in [4.69, 9.17) is 11.6 Å². The van der Waals surface area contributed by atoms with Gasteiger partial charge < -0.3 is 10.6 Å². The molecule has 3 rings (SSSR count). The van der Waals surface area contributed by atoms with Crippen LogP contribution >= 0.6 is 11.6 Å². The van der Waals surface area contributed by atoms with Crippen LogP contribution < -0.4 is 10.6 Å². The average Bonchev–Trinajstić information content (AvgIpc) is 2.63. The molecule has 1 heterocycles. The van der Waals surface area contributed by atoms with E-state index in [-0.39, 0.29) is 11.8 Å². The standard InChI is InChI=1S/C19H16ClN3O2/c1-2-18(24)22-12-7-8-15(20)17(11-12)23-19(25)14-9-10-21-16-6-4-3-5-13(14)16/h3-11H,2H2,1H3,(H,22,24)(H,23,25). The van der Waals surface area contributed by atoms with Gasteiger partial charge in [-0.25, -0.2) is 0 Å². The maximum atomic E-state index is 12.7. The van der Waals surface area contributed by atoms with Gasteiger partial charge >= 0.3 is 0 Å². The Morgan fingerprint density at radius 1 is 1.08 bits per heavy atom. The molecule has 2 aromatic carbocycles. The van der Waals surface area contributed by atoms with Crippen molar-refractivity contribution in [2.45, 2.75) is 13.3 Å². The summed E-state index contributed by atoms with van der Waals surface area (Å²) < 4.78 is 0. The second-order valence-electron chi connectivity index (χ2n) is 5.43. The van der Waals surface area contributed by atoms with Gasteiger partial charge in [-0.3, -0.25) is 14.6 Å². The SMILES string of the molecule is CCC(=O)Nc1ccc(Cl)c(NC(=O)c2ccnc3ccccc23)c1. The highest BCUT2D eigenvalue weighted by Gasteiger charge is 2.13. The van der Waals surface area contributed by atoms with Crippen molar-refractivity contribution in [1.82, 2.24) is 4.98 Å². The molecule has 2 amide bonds. The van der Waals surface area contributed by atoms with E-state index in [9.17, 15) is 9.59 Å². The van der Waals surface area contributed by atoms with Crippen molar-refractivity contribution in [3.8, 4) is 0 Å². The number of rotatable bonds is 4. The van der Waals surface area contributed by atoms with Crippen LogP contribution in [0.1, 0.15) is 23.7 Å². The molecule has 0 spiro atoms. The molecule has 5 nitrogen and oxygen atoms in total. The molecule has 0 atom stereocenters. The number of amides is 2. The van der Waals surface area contributed by atoms with Crippen LogP contribution in [0.15, 0.2) is 54.7 Å². The van der Waals surface area contributed by atoms with Crippen LogP contribution in [0.4, 0.5) is 11.4 Å². The Labute approximate surface area is 150 Å². The molecule has 0 bridgehead atoms. The molecule has 0 saturated heterocycles. The lowest BCUT2D eigenvalue weighted by Crippen LogP contribution is -2.14. The third-order valence-electron chi connectivity index (χ3n) is 3.71. The summed E-state index contributed by atoms with van der Waals surface area (Å²) in [7, 11) is 0. The number of pyridine rings is 1. The summed E-state index contributed by atoms with van der Waals surface area (Å²) in [6.45, 7) is 1.77. The summed E-state index contributed by atoms with van der Waals surface area (Å²) in [5.74, 6) is -0.404. The van der Waals surface area contributed by atoms with Crippen LogP contribution in [-0.4, -0.2) is 16.8 Å². The van der Waals surface area contributed by atoms with E-state index in [0.717, 1.165) is 10.9 Å². The molecule has 126 valence electrons. The zero-order valence-electron chi connectivity index (χ0n) is 13.5. The maximum absolute atomic E-state index is 12.7. The van der Waals surface area contributed by atoms with Crippen molar-refractivity contribution >= 4 is 45.7 Å². The number of para-hydroxylation sites is 1. The van der Waals surface area contributed by atoms with Gasteiger partial charge in [0.25, 0.3) is 5.91 Å². The summed E-state index contributed by atoms with van der Waals surface area (Å²) in [5.41, 5.74) is 2.25. The predicted octanol–water partition coefficient (Wildman–Crippen LogP) is 4.49. The van der Waals surface area contributed by atoms with Gasteiger partial charge in [-0.2, -0.15) is 0 Å². The lowest BCUT2D eigenvalue weighted by atomic mass is 10.1. The normalized spacial score (nSPS) is 10.5. The molecule has 25 heavy (non-hydrogen) atoms. The Morgan fingerprint density at radius 2 is 1.88 bits per heavy atom. The van der Waals surface area contributed by atoms with Gasteiger partial charge in [0.1, 0.15) is 0 Å². The predicted molar refractivity (Wildman–Crippen MR) is 100 cm³/mol. The van der Waals surface area contributed by atoms with Gasteiger partial charge in [0, 0.05) is 23.7 Å². The molecule has 1 aromatic heterocycles. The minimum absolute atomic E-state index is 0.111. The first kappa shape index (κ1) is 16.9. The highest BCUT2D eigenvalue weighted by molar-refractivity contribution is 6.34. The van der Waals surface area contributed by atoms with Crippen molar-refractivity contribution in [2.24, 2.45) is 0 Å². The molecular weight excluding hydrogens is 338 g/mol. The van der Waals surface area contributed by atoms with E-state index < -0.39 is 0 Å². The van der Waals surface area contributed by atoms with Crippen LogP contribution in [0.2, 0.25) is 5.02 Å². The van der Waals surface area contributed by atoms with E-state index in [2.05, 4.69) is 15.6 Å². The summed E-state index contributed by atoms with van der Waals surface area (Å²) in [6.07, 6.45) is 1.96. The summed E-state index contributed by atoms with van der Waals surface area (Å²) in [5, 5.41) is 6.69. The number of halogens is 1. The highest BCUT2D eigenvalue weighted by atomic mass is 35.5. The lowest BCUT2D eigenvalue weighted by Gasteiger charge is -2.11. The van der Waals surface area contributed by atoms with Crippen molar-refractivity contribution in [3.05, 3.63) is 65.3 Å². The molecule has 6 heteroatoms. The first-order chi connectivity index (χ1) is 12.1. The molecule has 0 saturated carbocycles. The number of nitrogens with zero attached hydrogens (tertiary/aromatic N) is 1. The summed E-state index contributed by atoms with van der Waals surface area (Å²) >= 11 is 6.18. The Hall–Kier alpha value is -2.92. The Balaban J connectivity index is 1.90. The van der Waals surface area contributed by atoms with E-state index in [1.54, 1.807) is 37.4 Å². The van der Waals surface area contributed by atoms with Gasteiger partial charge in [0.2, 0.25) is 5.91 Å². The minimum Gasteiger partial charge on any atom is -0.326 e. The number of aromatic nitrogens is 1. The highest BCUT2D eigenvalue weighted by Crippen LogP contribution is 2.27. The Kier molecular flexibility index (Phi) is 4.95. The summed E-state index contributed by atoms with van der Waals surface area (Å²) in [6, 6.07) is 14.0. The molecule has 0 radical (unpaired) electrons. The van der Waals surface area contributed by atoms with E-state index in [1.165, 1.54) is 0 Å². The molecule has 0 aliphatic heterocycles. The van der Waals surface area contributed by atoms with Gasteiger partial charge in [-0.1, -0.05) is 36.7 Å².